The van der Waals surface area contributed by atoms with Crippen LogP contribution in [0, 0.1) is 0 Å². The van der Waals surface area contributed by atoms with E-state index in [0.29, 0.717) is 5.69 Å². The molecule has 0 bridgehead atoms. The quantitative estimate of drug-likeness (QED) is 0.756. The number of ether oxygens (including phenoxy) is 1. The molecule has 0 unspecified atom stereocenters. The van der Waals surface area contributed by atoms with Crippen molar-refractivity contribution in [2.24, 2.45) is 0 Å². The van der Waals surface area contributed by atoms with Crippen LogP contribution in [0.25, 0.3) is 0 Å². The number of hydrogen-bond acceptors (Lipinski definition) is 4. The fourth-order valence-electron chi connectivity index (χ4n) is 2.41. The van der Waals surface area contributed by atoms with Crippen LogP contribution >= 0.6 is 0 Å². The number of alkyl halides is 3. The molecule has 0 fully saturated rings. The molecule has 2 rings (SSSR count). The first-order valence-corrected chi connectivity index (χ1v) is 8.28. The maximum atomic E-state index is 13.4. The minimum atomic E-state index is -5.28. The molecule has 2 amide bonds. The number of para-hydroxylation sites is 1. The van der Waals surface area contributed by atoms with Crippen LogP contribution in [0.15, 0.2) is 54.6 Å². The summed E-state index contributed by atoms with van der Waals surface area (Å²) in [4.78, 5) is 25.2. The second kappa shape index (κ2) is 8.30. The third kappa shape index (κ3) is 4.25. The monoisotopic (exact) mass is 396 g/mol. The highest BCUT2D eigenvalue weighted by Gasteiger charge is 2.62. The van der Waals surface area contributed by atoms with Gasteiger partial charge in [-0.1, -0.05) is 30.3 Å². The van der Waals surface area contributed by atoms with Gasteiger partial charge in [0.05, 0.1) is 6.61 Å². The predicted molar refractivity (Wildman–Crippen MR) is 96.9 cm³/mol. The molecule has 0 aliphatic carbocycles. The number of carbonyl (C=O) groups excluding carboxylic acids is 2. The Kier molecular flexibility index (Phi) is 6.30. The van der Waals surface area contributed by atoms with Crippen molar-refractivity contribution in [2.75, 3.05) is 23.9 Å². The number of urea groups is 1. The van der Waals surface area contributed by atoms with E-state index < -0.39 is 29.3 Å². The first kappa shape index (κ1) is 21.2. The zero-order chi connectivity index (χ0) is 20.9. The molecule has 2 aromatic carbocycles. The van der Waals surface area contributed by atoms with Gasteiger partial charge in [-0.3, -0.25) is 4.90 Å². The number of amides is 2. The second-order valence-corrected chi connectivity index (χ2v) is 5.83. The van der Waals surface area contributed by atoms with E-state index in [4.69, 9.17) is 0 Å². The lowest BCUT2D eigenvalue weighted by Crippen LogP contribution is -2.50. The fraction of sp³-hybridized carbons (Fsp3) is 0.263. The molecule has 0 saturated heterocycles. The number of anilines is 2. The van der Waals surface area contributed by atoms with E-state index in [1.807, 2.05) is 0 Å². The molecule has 6 nitrogen and oxygen atoms in total. The van der Waals surface area contributed by atoms with Gasteiger partial charge in [-0.2, -0.15) is 13.2 Å². The summed E-state index contributed by atoms with van der Waals surface area (Å²) in [6, 6.07) is 12.3. The van der Waals surface area contributed by atoms with Gasteiger partial charge in [0.2, 0.25) is 0 Å². The second-order valence-electron chi connectivity index (χ2n) is 5.83. The minimum absolute atomic E-state index is 0.255. The maximum Gasteiger partial charge on any atom is 0.432 e. The molecule has 0 heterocycles. The molecule has 150 valence electrons. The van der Waals surface area contributed by atoms with Crippen molar-refractivity contribution in [3.63, 3.8) is 0 Å². The van der Waals surface area contributed by atoms with Gasteiger partial charge in [0.15, 0.2) is 0 Å². The third-order valence-electron chi connectivity index (χ3n) is 3.98. The average Bonchev–Trinajstić information content (AvgIpc) is 2.67. The summed E-state index contributed by atoms with van der Waals surface area (Å²) in [5.41, 5.74) is -3.71. The van der Waals surface area contributed by atoms with Crippen LogP contribution in [0.3, 0.4) is 0 Å². The van der Waals surface area contributed by atoms with E-state index >= 15 is 0 Å². The Morgan fingerprint density at radius 1 is 1.07 bits per heavy atom. The van der Waals surface area contributed by atoms with Crippen molar-refractivity contribution in [3.8, 4) is 0 Å². The molecule has 0 aliphatic heterocycles. The molecule has 0 radical (unpaired) electrons. The minimum Gasteiger partial charge on any atom is -0.463 e. The topological polar surface area (TPSA) is 78.9 Å². The van der Waals surface area contributed by atoms with Crippen molar-refractivity contribution >= 4 is 23.4 Å². The van der Waals surface area contributed by atoms with Gasteiger partial charge in [0, 0.05) is 24.0 Å². The Morgan fingerprint density at radius 2 is 1.64 bits per heavy atom. The Balaban J connectivity index is 2.25. The SMILES string of the molecule is CCOC(=O)[C@](O)(c1ccc(N(C)C(=O)Nc2ccccc2)cc1)C(F)(F)F. The highest BCUT2D eigenvalue weighted by molar-refractivity contribution is 6.01. The van der Waals surface area contributed by atoms with Crippen LogP contribution in [0.5, 0.6) is 0 Å². The average molecular weight is 396 g/mol. The van der Waals surface area contributed by atoms with Crippen LogP contribution in [-0.2, 0) is 15.1 Å². The van der Waals surface area contributed by atoms with Crippen LogP contribution in [0.4, 0.5) is 29.3 Å². The van der Waals surface area contributed by atoms with Gasteiger partial charge in [-0.25, -0.2) is 9.59 Å². The summed E-state index contributed by atoms with van der Waals surface area (Å²) in [6.07, 6.45) is -5.28. The van der Waals surface area contributed by atoms with Crippen molar-refractivity contribution in [3.05, 3.63) is 60.2 Å². The Hall–Kier alpha value is -3.07. The number of nitrogens with one attached hydrogen (secondary N) is 1. The van der Waals surface area contributed by atoms with Gasteiger partial charge in [0.25, 0.3) is 5.60 Å². The normalized spacial score (nSPS) is 13.4. The molecule has 0 saturated carbocycles. The molecular weight excluding hydrogens is 377 g/mol. The largest absolute Gasteiger partial charge is 0.463 e. The first-order valence-electron chi connectivity index (χ1n) is 8.28. The smallest absolute Gasteiger partial charge is 0.432 e. The number of halogens is 3. The lowest BCUT2D eigenvalue weighted by Gasteiger charge is -2.29. The molecule has 2 N–H and O–H groups in total. The van der Waals surface area contributed by atoms with E-state index in [1.165, 1.54) is 31.0 Å². The van der Waals surface area contributed by atoms with Crippen LogP contribution in [-0.4, -0.2) is 36.9 Å². The lowest BCUT2D eigenvalue weighted by atomic mass is 9.93. The number of esters is 1. The van der Waals surface area contributed by atoms with Crippen LogP contribution in [0.2, 0.25) is 0 Å². The highest BCUT2D eigenvalue weighted by Crippen LogP contribution is 2.40. The van der Waals surface area contributed by atoms with E-state index in [-0.39, 0.29) is 12.3 Å². The zero-order valence-corrected chi connectivity index (χ0v) is 15.2. The fourth-order valence-corrected chi connectivity index (χ4v) is 2.41. The standard InChI is InChI=1S/C19H19F3N2O4/c1-3-28-16(25)18(27,19(20,21)22)13-9-11-15(12-10-13)24(2)17(26)23-14-7-5-4-6-8-14/h4-12,27H,3H2,1-2H3,(H,23,26)/t18-/m1/s1. The van der Waals surface area contributed by atoms with Crippen molar-refractivity contribution in [1.82, 2.24) is 0 Å². The summed E-state index contributed by atoms with van der Waals surface area (Å²) < 4.78 is 44.5. The van der Waals surface area contributed by atoms with Gasteiger partial charge in [-0.05, 0) is 31.2 Å². The highest BCUT2D eigenvalue weighted by atomic mass is 19.4. The Labute approximate surface area is 159 Å². The van der Waals surface area contributed by atoms with Crippen molar-refractivity contribution in [2.45, 2.75) is 18.7 Å². The number of rotatable bonds is 5. The molecule has 0 aromatic heterocycles. The van der Waals surface area contributed by atoms with Crippen LogP contribution in [0.1, 0.15) is 12.5 Å². The summed E-state index contributed by atoms with van der Waals surface area (Å²) in [6.45, 7) is 1.01. The van der Waals surface area contributed by atoms with Crippen LogP contribution < -0.4 is 10.2 Å². The van der Waals surface area contributed by atoms with Crippen molar-refractivity contribution < 1.29 is 32.6 Å². The van der Waals surface area contributed by atoms with Gasteiger partial charge in [0.1, 0.15) is 0 Å². The van der Waals surface area contributed by atoms with Gasteiger partial charge in [-0.15, -0.1) is 0 Å². The van der Waals surface area contributed by atoms with E-state index in [1.54, 1.807) is 30.3 Å². The molecule has 9 heteroatoms. The number of aliphatic hydroxyl groups is 1. The molecule has 0 aliphatic rings. The number of benzene rings is 2. The summed E-state index contributed by atoms with van der Waals surface area (Å²) >= 11 is 0. The van der Waals surface area contributed by atoms with E-state index in [0.717, 1.165) is 12.1 Å². The molecule has 28 heavy (non-hydrogen) atoms. The number of nitrogens with zero attached hydrogens (tertiary/aromatic N) is 1. The number of hydrogen-bond donors (Lipinski definition) is 2. The van der Waals surface area contributed by atoms with Gasteiger partial charge >= 0.3 is 18.2 Å². The molecule has 2 aromatic rings. The first-order chi connectivity index (χ1) is 13.1. The predicted octanol–water partition coefficient (Wildman–Crippen LogP) is 3.67. The zero-order valence-electron chi connectivity index (χ0n) is 15.2. The molecular formula is C19H19F3N2O4. The van der Waals surface area contributed by atoms with E-state index in [9.17, 15) is 27.9 Å². The summed E-state index contributed by atoms with van der Waals surface area (Å²) in [5.74, 6) is -1.81. The van der Waals surface area contributed by atoms with Gasteiger partial charge < -0.3 is 15.2 Å². The molecule has 1 atom stereocenters. The summed E-state index contributed by atoms with van der Waals surface area (Å²) in [5, 5.41) is 12.7. The maximum absolute atomic E-state index is 13.4. The summed E-state index contributed by atoms with van der Waals surface area (Å²) in [7, 11) is 1.43. The van der Waals surface area contributed by atoms with Crippen molar-refractivity contribution in [1.29, 1.82) is 0 Å². The lowest BCUT2D eigenvalue weighted by molar-refractivity contribution is -0.267. The molecule has 0 spiro atoms. The Bertz CT molecular complexity index is 825. The third-order valence-corrected chi connectivity index (χ3v) is 3.98. The number of carbonyl (C=O) groups is 2. The Morgan fingerprint density at radius 3 is 2.14 bits per heavy atom. The van der Waals surface area contributed by atoms with E-state index in [2.05, 4.69) is 10.1 Å².